The van der Waals surface area contributed by atoms with Gasteiger partial charge in [0.25, 0.3) is 0 Å². The predicted octanol–water partition coefficient (Wildman–Crippen LogP) is 2.76. The molecular formula is C6H9F3. The summed E-state index contributed by atoms with van der Waals surface area (Å²) < 4.78 is 34.8. The normalized spacial score (nSPS) is 15.1. The van der Waals surface area contributed by atoms with E-state index in [2.05, 4.69) is 6.58 Å². The third-order valence-corrected chi connectivity index (χ3v) is 1.08. The molecule has 0 spiro atoms. The van der Waals surface area contributed by atoms with Gasteiger partial charge < -0.3 is 0 Å². The van der Waals surface area contributed by atoms with Gasteiger partial charge in [0.05, 0.1) is 5.92 Å². The molecule has 0 aromatic carbocycles. The average Bonchev–Trinajstić information content (AvgIpc) is 1.64. The first-order chi connectivity index (χ1) is 3.98. The Morgan fingerprint density at radius 2 is 2.00 bits per heavy atom. The predicted molar refractivity (Wildman–Crippen MR) is 30.0 cm³/mol. The molecule has 0 N–H and O–H groups in total. The summed E-state index contributed by atoms with van der Waals surface area (Å²) >= 11 is 0. The van der Waals surface area contributed by atoms with Crippen molar-refractivity contribution in [2.75, 3.05) is 0 Å². The zero-order chi connectivity index (χ0) is 7.49. The molecule has 1 atom stereocenters. The van der Waals surface area contributed by atoms with E-state index in [1.165, 1.54) is 6.08 Å². The van der Waals surface area contributed by atoms with Gasteiger partial charge in [-0.05, 0) is 6.42 Å². The van der Waals surface area contributed by atoms with Gasteiger partial charge in [-0.15, -0.1) is 6.58 Å². The van der Waals surface area contributed by atoms with Gasteiger partial charge in [-0.25, -0.2) is 0 Å². The molecule has 3 heteroatoms. The largest absolute Gasteiger partial charge is 0.391 e. The van der Waals surface area contributed by atoms with Crippen LogP contribution in [-0.2, 0) is 0 Å². The molecule has 0 unspecified atom stereocenters. The van der Waals surface area contributed by atoms with Crippen molar-refractivity contribution in [2.24, 2.45) is 5.92 Å². The first kappa shape index (κ1) is 8.53. The summed E-state index contributed by atoms with van der Waals surface area (Å²) in [6.45, 7) is 4.35. The monoisotopic (exact) mass is 138 g/mol. The van der Waals surface area contributed by atoms with Gasteiger partial charge in [0.15, 0.2) is 0 Å². The van der Waals surface area contributed by atoms with Gasteiger partial charge in [-0.3, -0.25) is 0 Å². The van der Waals surface area contributed by atoms with Gasteiger partial charge >= 0.3 is 6.18 Å². The van der Waals surface area contributed by atoms with Crippen molar-refractivity contribution in [3.63, 3.8) is 0 Å². The van der Waals surface area contributed by atoms with Crippen LogP contribution in [0.2, 0.25) is 0 Å². The Morgan fingerprint density at radius 3 is 2.11 bits per heavy atom. The van der Waals surface area contributed by atoms with Crippen LogP contribution in [0.25, 0.3) is 0 Å². The fourth-order valence-corrected chi connectivity index (χ4v) is 0.384. The van der Waals surface area contributed by atoms with Crippen LogP contribution in [0.4, 0.5) is 13.2 Å². The SMILES string of the molecule is C=CC[C@@H](C)C(F)(F)F. The van der Waals surface area contributed by atoms with Crippen LogP contribution in [0.3, 0.4) is 0 Å². The lowest BCUT2D eigenvalue weighted by Crippen LogP contribution is -2.18. The van der Waals surface area contributed by atoms with E-state index in [1.807, 2.05) is 0 Å². The first-order valence-corrected chi connectivity index (χ1v) is 2.66. The number of allylic oxidation sites excluding steroid dienone is 1. The standard InChI is InChI=1S/C6H9F3/c1-3-4-5(2)6(7,8)9/h3,5H,1,4H2,2H3/t5-/m1/s1. The van der Waals surface area contributed by atoms with Crippen LogP contribution >= 0.6 is 0 Å². The molecule has 0 aliphatic carbocycles. The fourth-order valence-electron chi connectivity index (χ4n) is 0.384. The second-order valence-electron chi connectivity index (χ2n) is 1.97. The molecule has 0 nitrogen and oxygen atoms in total. The third kappa shape index (κ3) is 3.16. The summed E-state index contributed by atoms with van der Waals surface area (Å²) in [6, 6.07) is 0. The van der Waals surface area contributed by atoms with E-state index in [1.54, 1.807) is 0 Å². The average molecular weight is 138 g/mol. The molecule has 0 rings (SSSR count). The van der Waals surface area contributed by atoms with Crippen LogP contribution < -0.4 is 0 Å². The zero-order valence-electron chi connectivity index (χ0n) is 5.20. The molecule has 0 saturated carbocycles. The Balaban J connectivity index is 3.72. The molecule has 0 radical (unpaired) electrons. The summed E-state index contributed by atoms with van der Waals surface area (Å²) in [4.78, 5) is 0. The second-order valence-corrected chi connectivity index (χ2v) is 1.97. The van der Waals surface area contributed by atoms with E-state index in [0.717, 1.165) is 6.92 Å². The van der Waals surface area contributed by atoms with E-state index >= 15 is 0 Å². The Kier molecular flexibility index (Phi) is 2.74. The topological polar surface area (TPSA) is 0 Å². The summed E-state index contributed by atoms with van der Waals surface area (Å²) in [5.74, 6) is -1.25. The molecule has 0 amide bonds. The molecule has 0 aromatic rings. The molecule has 0 saturated heterocycles. The maximum absolute atomic E-state index is 11.6. The first-order valence-electron chi connectivity index (χ1n) is 2.66. The molecule has 54 valence electrons. The minimum atomic E-state index is -4.06. The van der Waals surface area contributed by atoms with Crippen molar-refractivity contribution in [2.45, 2.75) is 19.5 Å². The quantitative estimate of drug-likeness (QED) is 0.514. The van der Waals surface area contributed by atoms with Crippen LogP contribution in [0.1, 0.15) is 13.3 Å². The fraction of sp³-hybridized carbons (Fsp3) is 0.667. The second kappa shape index (κ2) is 2.90. The number of hydrogen-bond acceptors (Lipinski definition) is 0. The summed E-state index contributed by atoms with van der Waals surface area (Å²) in [7, 11) is 0. The Hall–Kier alpha value is -0.470. The minimum absolute atomic E-state index is 0.00347. The molecule has 0 bridgehead atoms. The van der Waals surface area contributed by atoms with Gasteiger partial charge in [0.1, 0.15) is 0 Å². The highest BCUT2D eigenvalue weighted by Gasteiger charge is 2.34. The van der Waals surface area contributed by atoms with Crippen molar-refractivity contribution >= 4 is 0 Å². The summed E-state index contributed by atoms with van der Waals surface area (Å²) in [5.41, 5.74) is 0. The van der Waals surface area contributed by atoms with Crippen molar-refractivity contribution in [3.05, 3.63) is 12.7 Å². The maximum atomic E-state index is 11.6. The highest BCUT2D eigenvalue weighted by molar-refractivity contribution is 4.74. The van der Waals surface area contributed by atoms with Gasteiger partial charge in [-0.2, -0.15) is 13.2 Å². The number of rotatable bonds is 2. The lowest BCUT2D eigenvalue weighted by Gasteiger charge is -2.12. The molecule has 0 heterocycles. The Bertz CT molecular complexity index is 93.0. The summed E-state index contributed by atoms with van der Waals surface area (Å²) in [5, 5.41) is 0. The molecule has 0 aliphatic rings. The van der Waals surface area contributed by atoms with Crippen molar-refractivity contribution in [1.29, 1.82) is 0 Å². The number of hydrogen-bond donors (Lipinski definition) is 0. The van der Waals surface area contributed by atoms with E-state index in [9.17, 15) is 13.2 Å². The summed E-state index contributed by atoms with van der Waals surface area (Å²) in [6.07, 6.45) is -2.78. The Labute approximate surface area is 52.4 Å². The number of alkyl halides is 3. The highest BCUT2D eigenvalue weighted by atomic mass is 19.4. The van der Waals surface area contributed by atoms with E-state index < -0.39 is 12.1 Å². The van der Waals surface area contributed by atoms with Crippen molar-refractivity contribution < 1.29 is 13.2 Å². The highest BCUT2D eigenvalue weighted by Crippen LogP contribution is 2.27. The van der Waals surface area contributed by atoms with Crippen LogP contribution in [0.15, 0.2) is 12.7 Å². The number of halogens is 3. The zero-order valence-corrected chi connectivity index (χ0v) is 5.20. The molecular weight excluding hydrogens is 129 g/mol. The van der Waals surface area contributed by atoms with Gasteiger partial charge in [0.2, 0.25) is 0 Å². The van der Waals surface area contributed by atoms with Gasteiger partial charge in [0, 0.05) is 0 Å². The van der Waals surface area contributed by atoms with Crippen LogP contribution in [0, 0.1) is 5.92 Å². The van der Waals surface area contributed by atoms with E-state index in [4.69, 9.17) is 0 Å². The lowest BCUT2D eigenvalue weighted by molar-refractivity contribution is -0.168. The third-order valence-electron chi connectivity index (χ3n) is 1.08. The van der Waals surface area contributed by atoms with E-state index in [0.29, 0.717) is 0 Å². The molecule has 0 aromatic heterocycles. The van der Waals surface area contributed by atoms with Gasteiger partial charge in [-0.1, -0.05) is 13.0 Å². The molecule has 0 fully saturated rings. The minimum Gasteiger partial charge on any atom is -0.171 e. The van der Waals surface area contributed by atoms with Crippen molar-refractivity contribution in [1.82, 2.24) is 0 Å². The lowest BCUT2D eigenvalue weighted by atomic mass is 10.1. The Morgan fingerprint density at radius 1 is 1.56 bits per heavy atom. The molecule has 0 aliphatic heterocycles. The molecule has 9 heavy (non-hydrogen) atoms. The maximum Gasteiger partial charge on any atom is 0.391 e. The smallest absolute Gasteiger partial charge is 0.171 e. The van der Waals surface area contributed by atoms with E-state index in [-0.39, 0.29) is 6.42 Å². The van der Waals surface area contributed by atoms with Crippen LogP contribution in [-0.4, -0.2) is 6.18 Å². The van der Waals surface area contributed by atoms with Crippen molar-refractivity contribution in [3.8, 4) is 0 Å². The van der Waals surface area contributed by atoms with Crippen LogP contribution in [0.5, 0.6) is 0 Å².